The van der Waals surface area contributed by atoms with E-state index in [-0.39, 0.29) is 23.2 Å². The molecule has 198 valence electrons. The third kappa shape index (κ3) is 8.43. The van der Waals surface area contributed by atoms with Gasteiger partial charge in [0.2, 0.25) is 0 Å². The highest BCUT2D eigenvalue weighted by Crippen LogP contribution is 2.35. The maximum Gasteiger partial charge on any atom is 0.422 e. The summed E-state index contributed by atoms with van der Waals surface area (Å²) in [5.74, 6) is -1.24. The molecule has 2 rings (SSSR count). The van der Waals surface area contributed by atoms with Gasteiger partial charge in [-0.3, -0.25) is 10.1 Å². The fourth-order valence-electron chi connectivity index (χ4n) is 3.25. The van der Waals surface area contributed by atoms with Gasteiger partial charge in [0.1, 0.15) is 17.1 Å². The van der Waals surface area contributed by atoms with Crippen LogP contribution in [0.1, 0.15) is 60.5 Å². The Morgan fingerprint density at radius 3 is 2.58 bits per heavy atom. The number of hydrogen-bond donors (Lipinski definition) is 2. The number of carbonyl (C=O) groups excluding carboxylic acids is 2. The van der Waals surface area contributed by atoms with Gasteiger partial charge in [-0.25, -0.2) is 9.59 Å². The van der Waals surface area contributed by atoms with Crippen molar-refractivity contribution in [2.24, 2.45) is 5.41 Å². The van der Waals surface area contributed by atoms with Gasteiger partial charge >= 0.3 is 17.9 Å². The first-order valence-electron chi connectivity index (χ1n) is 10.9. The Hall–Kier alpha value is -3.28. The molecule has 0 aliphatic heterocycles. The zero-order valence-electron chi connectivity index (χ0n) is 20.2. The van der Waals surface area contributed by atoms with Crippen LogP contribution in [0.4, 0.5) is 18.0 Å². The minimum absolute atomic E-state index is 0.0576. The number of thiophene rings is 1. The molecule has 2 heterocycles. The normalized spacial score (nSPS) is 13.0. The number of nitrogens with one attached hydrogen (secondary N) is 1. The molecule has 12 heteroatoms. The number of alkyl halides is 3. The molecule has 0 fully saturated rings. The number of aromatic hydroxyl groups is 1. The predicted octanol–water partition coefficient (Wildman–Crippen LogP) is 5.55. The largest absolute Gasteiger partial charge is 0.507 e. The molecule has 0 saturated heterocycles. The third-order valence-corrected chi connectivity index (χ3v) is 6.18. The lowest BCUT2D eigenvalue weighted by atomic mass is 9.81. The molecule has 36 heavy (non-hydrogen) atoms. The lowest BCUT2D eigenvalue weighted by molar-refractivity contribution is -0.152. The van der Waals surface area contributed by atoms with Crippen LogP contribution in [0.5, 0.6) is 10.8 Å². The highest BCUT2D eigenvalue weighted by atomic mass is 32.1. The number of ether oxygens (including phenoxy) is 2. The number of hydrogen-bond acceptors (Lipinski definition) is 8. The van der Waals surface area contributed by atoms with Crippen LogP contribution in [0.25, 0.3) is 0 Å². The van der Waals surface area contributed by atoms with Gasteiger partial charge in [-0.1, -0.05) is 26.8 Å². The maximum atomic E-state index is 13.1. The molecule has 0 aliphatic rings. The van der Waals surface area contributed by atoms with Crippen molar-refractivity contribution in [1.82, 2.24) is 5.32 Å². The summed E-state index contributed by atoms with van der Waals surface area (Å²) in [6.07, 6.45) is -0.795. The summed E-state index contributed by atoms with van der Waals surface area (Å²) in [4.78, 5) is 37.3. The first-order chi connectivity index (χ1) is 16.7. The molecule has 0 radical (unpaired) electrons. The van der Waals surface area contributed by atoms with E-state index in [0.717, 1.165) is 11.3 Å². The summed E-state index contributed by atoms with van der Waals surface area (Å²) in [5.41, 5.74) is -2.62. The number of methoxy groups -OCH3 is 1. The number of ketones is 1. The summed E-state index contributed by atoms with van der Waals surface area (Å²) < 4.78 is 51.5. The molecule has 0 spiro atoms. The molecule has 0 bridgehead atoms. The fraction of sp³-hybridized carbons (Fsp3) is 0.458. The Kier molecular flexibility index (Phi) is 9.74. The van der Waals surface area contributed by atoms with E-state index in [1.807, 2.05) is 0 Å². The van der Waals surface area contributed by atoms with E-state index in [1.165, 1.54) is 25.4 Å². The zero-order chi connectivity index (χ0) is 27.1. The molecule has 0 aliphatic carbocycles. The molecule has 2 N–H and O–H groups in total. The van der Waals surface area contributed by atoms with Crippen molar-refractivity contribution in [3.63, 3.8) is 0 Å². The molecule has 8 nitrogen and oxygen atoms in total. The second-order valence-electron chi connectivity index (χ2n) is 8.73. The number of amides is 1. The first kappa shape index (κ1) is 29.0. The van der Waals surface area contributed by atoms with Crippen LogP contribution in [0.15, 0.2) is 39.7 Å². The topological polar surface area (TPSA) is 115 Å². The van der Waals surface area contributed by atoms with Crippen molar-refractivity contribution in [1.29, 1.82) is 0 Å². The van der Waals surface area contributed by atoms with E-state index >= 15 is 0 Å². The maximum absolute atomic E-state index is 13.1. The number of allylic oxidation sites excluding steroid dienone is 1. The van der Waals surface area contributed by atoms with Crippen molar-refractivity contribution >= 4 is 23.2 Å². The van der Waals surface area contributed by atoms with E-state index in [9.17, 15) is 32.7 Å². The SMILES string of the molecule is COC(=O)N/C=C/CCC(C)c1cc(O)c(C(=O)C(C)(C)Cc2ccc(OCC(F)(F)F)s2)c(=O)o1. The van der Waals surface area contributed by atoms with Crippen molar-refractivity contribution in [3.8, 4) is 10.8 Å². The van der Waals surface area contributed by atoms with Gasteiger partial charge in [0.25, 0.3) is 0 Å². The number of halogens is 3. The predicted molar refractivity (Wildman–Crippen MR) is 127 cm³/mol. The van der Waals surface area contributed by atoms with E-state index in [2.05, 4.69) is 10.1 Å². The van der Waals surface area contributed by atoms with Crippen LogP contribution in [0.2, 0.25) is 0 Å². The minimum atomic E-state index is -4.47. The van der Waals surface area contributed by atoms with Crippen molar-refractivity contribution in [2.45, 2.75) is 52.1 Å². The van der Waals surface area contributed by atoms with Crippen LogP contribution in [-0.2, 0) is 11.2 Å². The van der Waals surface area contributed by atoms with Crippen molar-refractivity contribution in [3.05, 3.63) is 57.1 Å². The summed E-state index contributed by atoms with van der Waals surface area (Å²) in [6, 6.07) is 4.17. The molecule has 1 amide bonds. The van der Waals surface area contributed by atoms with Gasteiger partial charge in [-0.15, -0.1) is 11.3 Å². The van der Waals surface area contributed by atoms with E-state index in [0.29, 0.717) is 17.7 Å². The van der Waals surface area contributed by atoms with E-state index < -0.39 is 47.0 Å². The number of alkyl carbamates (subject to hydrolysis) is 1. The van der Waals surface area contributed by atoms with Gasteiger partial charge < -0.3 is 19.0 Å². The van der Waals surface area contributed by atoms with Gasteiger partial charge in [0.05, 0.1) is 7.11 Å². The molecule has 2 aromatic heterocycles. The van der Waals surface area contributed by atoms with Gasteiger partial charge in [0, 0.05) is 28.5 Å². The minimum Gasteiger partial charge on any atom is -0.507 e. The summed E-state index contributed by atoms with van der Waals surface area (Å²) in [7, 11) is 1.24. The number of rotatable bonds is 11. The lowest BCUT2D eigenvalue weighted by Gasteiger charge is -2.22. The average molecular weight is 532 g/mol. The second-order valence-corrected chi connectivity index (χ2v) is 9.86. The van der Waals surface area contributed by atoms with Gasteiger partial charge in [0.15, 0.2) is 17.5 Å². The monoisotopic (exact) mass is 531 g/mol. The van der Waals surface area contributed by atoms with Gasteiger partial charge in [-0.05, 0) is 31.4 Å². The zero-order valence-corrected chi connectivity index (χ0v) is 21.0. The first-order valence-corrected chi connectivity index (χ1v) is 11.7. The average Bonchev–Trinajstić information content (AvgIpc) is 3.22. The summed E-state index contributed by atoms with van der Waals surface area (Å²) in [5, 5.41) is 12.9. The van der Waals surface area contributed by atoms with Crippen LogP contribution in [0.3, 0.4) is 0 Å². The molecular weight excluding hydrogens is 503 g/mol. The summed E-state index contributed by atoms with van der Waals surface area (Å²) >= 11 is 0.967. The number of Topliss-reactive ketones (excluding diaryl/α,β-unsaturated/α-hetero) is 1. The molecule has 1 atom stereocenters. The van der Waals surface area contributed by atoms with Crippen molar-refractivity contribution < 1.29 is 41.8 Å². The molecule has 0 saturated carbocycles. The smallest absolute Gasteiger partial charge is 0.422 e. The Bertz CT molecular complexity index is 1150. The molecule has 1 unspecified atom stereocenters. The van der Waals surface area contributed by atoms with Crippen LogP contribution in [0, 0.1) is 5.41 Å². The molecular formula is C24H28F3NO7S. The fourth-order valence-corrected chi connectivity index (χ4v) is 4.33. The standard InChI is InChI=1S/C24H28F3NO7S/c1-14(7-5-6-10-28-22(32)33-4)17-11-16(29)19(21(31)35-17)20(30)23(2,3)12-15-8-9-18(36-15)34-13-24(25,26)27/h6,8-11,14,29H,5,7,12-13H2,1-4H3,(H,28,32)/b10-6+. The van der Waals surface area contributed by atoms with E-state index in [1.54, 1.807) is 32.9 Å². The van der Waals surface area contributed by atoms with Gasteiger partial charge in [-0.2, -0.15) is 13.2 Å². The molecule has 2 aromatic rings. The quantitative estimate of drug-likeness (QED) is 0.365. The Balaban J connectivity index is 2.08. The Labute approximate surface area is 209 Å². The third-order valence-electron chi connectivity index (χ3n) is 5.18. The van der Waals surface area contributed by atoms with Crippen LogP contribution < -0.4 is 15.7 Å². The number of carbonyl (C=O) groups is 2. The second kappa shape index (κ2) is 12.1. The highest BCUT2D eigenvalue weighted by Gasteiger charge is 2.35. The lowest BCUT2D eigenvalue weighted by Crippen LogP contribution is -2.31. The highest BCUT2D eigenvalue weighted by molar-refractivity contribution is 7.13. The summed E-state index contributed by atoms with van der Waals surface area (Å²) in [6.45, 7) is 3.49. The van der Waals surface area contributed by atoms with Crippen LogP contribution in [-0.4, -0.2) is 36.9 Å². The Morgan fingerprint density at radius 2 is 1.97 bits per heavy atom. The van der Waals surface area contributed by atoms with Crippen LogP contribution >= 0.6 is 11.3 Å². The van der Waals surface area contributed by atoms with Crippen molar-refractivity contribution in [2.75, 3.05) is 13.7 Å². The van der Waals surface area contributed by atoms with E-state index in [4.69, 9.17) is 9.15 Å². The molecule has 0 aromatic carbocycles. The Morgan fingerprint density at radius 1 is 1.28 bits per heavy atom.